The Balaban J connectivity index is 2.71. The number of aromatic nitrogens is 2. The van der Waals surface area contributed by atoms with Gasteiger partial charge in [0.2, 0.25) is 0 Å². The predicted octanol–water partition coefficient (Wildman–Crippen LogP) is 1.42. The summed E-state index contributed by atoms with van der Waals surface area (Å²) >= 11 is 0. The molecule has 0 amide bonds. The summed E-state index contributed by atoms with van der Waals surface area (Å²) < 4.78 is 10.2. The SMILES string of the molecule is CCNc1cc(NCC(=O)OCC)nc(COCC)n1. The Hall–Kier alpha value is -1.89. The van der Waals surface area contributed by atoms with Gasteiger partial charge < -0.3 is 20.1 Å². The quantitative estimate of drug-likeness (QED) is 0.662. The van der Waals surface area contributed by atoms with Crippen molar-refractivity contribution in [1.29, 1.82) is 0 Å². The summed E-state index contributed by atoms with van der Waals surface area (Å²) in [5.41, 5.74) is 0. The Morgan fingerprint density at radius 3 is 2.45 bits per heavy atom. The minimum absolute atomic E-state index is 0.0739. The van der Waals surface area contributed by atoms with Crippen LogP contribution in [-0.4, -0.2) is 42.2 Å². The van der Waals surface area contributed by atoms with Crippen LogP contribution >= 0.6 is 0 Å². The number of anilines is 2. The first kappa shape index (κ1) is 16.2. The van der Waals surface area contributed by atoms with Crippen molar-refractivity contribution >= 4 is 17.6 Å². The molecule has 0 atom stereocenters. The first-order chi connectivity index (χ1) is 9.69. The van der Waals surface area contributed by atoms with E-state index in [4.69, 9.17) is 9.47 Å². The van der Waals surface area contributed by atoms with Gasteiger partial charge in [0.25, 0.3) is 0 Å². The molecule has 0 saturated heterocycles. The molecule has 0 aliphatic rings. The molecular formula is C13H22N4O3. The molecule has 20 heavy (non-hydrogen) atoms. The minimum atomic E-state index is -0.317. The van der Waals surface area contributed by atoms with E-state index in [2.05, 4.69) is 20.6 Å². The summed E-state index contributed by atoms with van der Waals surface area (Å²) in [5, 5.41) is 6.04. The first-order valence-corrected chi connectivity index (χ1v) is 6.78. The van der Waals surface area contributed by atoms with Crippen molar-refractivity contribution in [2.24, 2.45) is 0 Å². The lowest BCUT2D eigenvalue weighted by Crippen LogP contribution is -2.18. The van der Waals surface area contributed by atoms with E-state index in [0.29, 0.717) is 37.3 Å². The molecule has 0 aliphatic carbocycles. The Kier molecular flexibility index (Phi) is 7.34. The zero-order chi connectivity index (χ0) is 14.8. The van der Waals surface area contributed by atoms with Crippen LogP contribution in [0.1, 0.15) is 26.6 Å². The Bertz CT molecular complexity index is 426. The normalized spacial score (nSPS) is 10.2. The highest BCUT2D eigenvalue weighted by Gasteiger charge is 2.07. The number of nitrogens with zero attached hydrogens (tertiary/aromatic N) is 2. The van der Waals surface area contributed by atoms with Crippen molar-refractivity contribution in [3.05, 3.63) is 11.9 Å². The molecule has 7 nitrogen and oxygen atoms in total. The molecule has 1 rings (SSSR count). The maximum atomic E-state index is 11.3. The highest BCUT2D eigenvalue weighted by atomic mass is 16.5. The van der Waals surface area contributed by atoms with E-state index in [0.717, 1.165) is 6.54 Å². The van der Waals surface area contributed by atoms with Crippen LogP contribution in [0.4, 0.5) is 11.6 Å². The third-order valence-electron chi connectivity index (χ3n) is 2.28. The largest absolute Gasteiger partial charge is 0.465 e. The van der Waals surface area contributed by atoms with Gasteiger partial charge in [-0.1, -0.05) is 0 Å². The van der Waals surface area contributed by atoms with Crippen LogP contribution in [0, 0.1) is 0 Å². The summed E-state index contributed by atoms with van der Waals surface area (Å²) in [4.78, 5) is 19.9. The molecule has 0 unspecified atom stereocenters. The summed E-state index contributed by atoms with van der Waals surface area (Å²) in [5.74, 6) is 1.52. The number of carbonyl (C=O) groups excluding carboxylic acids is 1. The Morgan fingerprint density at radius 2 is 1.85 bits per heavy atom. The summed E-state index contributed by atoms with van der Waals surface area (Å²) in [6.07, 6.45) is 0. The Labute approximate surface area is 119 Å². The number of nitrogens with one attached hydrogen (secondary N) is 2. The van der Waals surface area contributed by atoms with E-state index in [1.54, 1.807) is 13.0 Å². The van der Waals surface area contributed by atoms with Crippen molar-refractivity contribution in [3.8, 4) is 0 Å². The maximum Gasteiger partial charge on any atom is 0.325 e. The second kappa shape index (κ2) is 9.08. The van der Waals surface area contributed by atoms with Crippen LogP contribution in [0.3, 0.4) is 0 Å². The van der Waals surface area contributed by atoms with Gasteiger partial charge in [-0.25, -0.2) is 9.97 Å². The number of hydrogen-bond acceptors (Lipinski definition) is 7. The molecule has 1 aromatic heterocycles. The molecule has 0 radical (unpaired) electrons. The molecule has 0 aromatic carbocycles. The second-order valence-corrected chi connectivity index (χ2v) is 3.88. The van der Waals surface area contributed by atoms with Crippen LogP contribution in [0.5, 0.6) is 0 Å². The van der Waals surface area contributed by atoms with Crippen LogP contribution in [0.2, 0.25) is 0 Å². The van der Waals surface area contributed by atoms with Crippen LogP contribution in [0.25, 0.3) is 0 Å². The third-order valence-corrected chi connectivity index (χ3v) is 2.28. The maximum absolute atomic E-state index is 11.3. The van der Waals surface area contributed by atoms with E-state index >= 15 is 0 Å². The minimum Gasteiger partial charge on any atom is -0.465 e. The molecule has 7 heteroatoms. The van der Waals surface area contributed by atoms with Gasteiger partial charge >= 0.3 is 5.97 Å². The fraction of sp³-hybridized carbons (Fsp3) is 0.615. The molecule has 0 bridgehead atoms. The topological polar surface area (TPSA) is 85.4 Å². The number of rotatable bonds is 9. The lowest BCUT2D eigenvalue weighted by atomic mass is 10.4. The first-order valence-electron chi connectivity index (χ1n) is 6.78. The zero-order valence-corrected chi connectivity index (χ0v) is 12.2. The van der Waals surface area contributed by atoms with Crippen molar-refractivity contribution in [2.75, 3.05) is 36.9 Å². The monoisotopic (exact) mass is 282 g/mol. The van der Waals surface area contributed by atoms with Gasteiger partial charge in [-0.15, -0.1) is 0 Å². The van der Waals surface area contributed by atoms with Gasteiger partial charge in [0.05, 0.1) is 6.61 Å². The summed E-state index contributed by atoms with van der Waals surface area (Å²) in [6, 6.07) is 1.75. The molecule has 1 aromatic rings. The van der Waals surface area contributed by atoms with Crippen molar-refractivity contribution < 1.29 is 14.3 Å². The third kappa shape index (κ3) is 5.83. The van der Waals surface area contributed by atoms with E-state index in [9.17, 15) is 4.79 Å². The fourth-order valence-electron chi connectivity index (χ4n) is 1.49. The van der Waals surface area contributed by atoms with Crippen LogP contribution in [-0.2, 0) is 20.9 Å². The summed E-state index contributed by atoms with van der Waals surface area (Å²) in [7, 11) is 0. The zero-order valence-electron chi connectivity index (χ0n) is 12.2. The van der Waals surface area contributed by atoms with Crippen molar-refractivity contribution in [1.82, 2.24) is 9.97 Å². The van der Waals surface area contributed by atoms with Gasteiger partial charge in [0, 0.05) is 19.2 Å². The van der Waals surface area contributed by atoms with Crippen molar-refractivity contribution in [3.63, 3.8) is 0 Å². The standard InChI is InChI=1S/C13H22N4O3/c1-4-14-10-7-11(15-8-13(18)20-6-3)17-12(16-10)9-19-5-2/h7H,4-6,8-9H2,1-3H3,(H2,14,15,16,17). The molecule has 0 saturated carbocycles. The average Bonchev–Trinajstić information content (AvgIpc) is 2.43. The molecule has 2 N–H and O–H groups in total. The lowest BCUT2D eigenvalue weighted by molar-refractivity contribution is -0.140. The van der Waals surface area contributed by atoms with Gasteiger partial charge in [-0.05, 0) is 20.8 Å². The number of hydrogen-bond donors (Lipinski definition) is 2. The molecule has 0 aliphatic heterocycles. The highest BCUT2D eigenvalue weighted by molar-refractivity contribution is 5.74. The summed E-state index contributed by atoms with van der Waals surface area (Å²) in [6.45, 7) is 7.79. The lowest BCUT2D eigenvalue weighted by Gasteiger charge is -2.10. The molecule has 0 spiro atoms. The van der Waals surface area contributed by atoms with Gasteiger partial charge in [-0.3, -0.25) is 4.79 Å². The smallest absolute Gasteiger partial charge is 0.325 e. The molecular weight excluding hydrogens is 260 g/mol. The van der Waals surface area contributed by atoms with Crippen LogP contribution in [0.15, 0.2) is 6.07 Å². The van der Waals surface area contributed by atoms with Gasteiger partial charge in [0.15, 0.2) is 5.82 Å². The van der Waals surface area contributed by atoms with Gasteiger partial charge in [-0.2, -0.15) is 0 Å². The van der Waals surface area contributed by atoms with Gasteiger partial charge in [0.1, 0.15) is 24.8 Å². The van der Waals surface area contributed by atoms with E-state index < -0.39 is 0 Å². The van der Waals surface area contributed by atoms with E-state index in [1.165, 1.54) is 0 Å². The predicted molar refractivity (Wildman–Crippen MR) is 76.6 cm³/mol. The Morgan fingerprint density at radius 1 is 1.15 bits per heavy atom. The van der Waals surface area contributed by atoms with Crippen LogP contribution < -0.4 is 10.6 Å². The fourth-order valence-corrected chi connectivity index (χ4v) is 1.49. The highest BCUT2D eigenvalue weighted by Crippen LogP contribution is 2.11. The van der Waals surface area contributed by atoms with Crippen molar-refractivity contribution in [2.45, 2.75) is 27.4 Å². The molecule has 0 fully saturated rings. The number of esters is 1. The number of carbonyl (C=O) groups is 1. The van der Waals surface area contributed by atoms with E-state index in [-0.39, 0.29) is 12.5 Å². The number of ether oxygens (including phenoxy) is 2. The van der Waals surface area contributed by atoms with E-state index in [1.807, 2.05) is 13.8 Å². The molecule has 1 heterocycles. The second-order valence-electron chi connectivity index (χ2n) is 3.88. The molecule has 112 valence electrons. The average molecular weight is 282 g/mol.